The number of carbonyl (C=O) groups is 1. The fraction of sp³-hybridized carbons (Fsp3) is 0.562. The standard InChI is InChI=1S/C16H24N2O2/c1-2-20-15-5-3-4-12(10-15)11-18-14-8-6-13(7-9-14)16(17)19/h3-5,10,13-14,18H,2,6-9,11H2,1H3,(H2,17,19). The quantitative estimate of drug-likeness (QED) is 0.837. The highest BCUT2D eigenvalue weighted by Gasteiger charge is 2.24. The van der Waals surface area contributed by atoms with Gasteiger partial charge in [-0.25, -0.2) is 0 Å². The number of nitrogens with two attached hydrogens (primary N) is 1. The second-order valence-corrected chi connectivity index (χ2v) is 5.41. The summed E-state index contributed by atoms with van der Waals surface area (Å²) in [6.07, 6.45) is 3.87. The summed E-state index contributed by atoms with van der Waals surface area (Å²) >= 11 is 0. The lowest BCUT2D eigenvalue weighted by Crippen LogP contribution is -2.36. The van der Waals surface area contributed by atoms with Crippen molar-refractivity contribution in [2.75, 3.05) is 6.61 Å². The van der Waals surface area contributed by atoms with Crippen LogP contribution in [-0.4, -0.2) is 18.6 Å². The molecule has 0 spiro atoms. The van der Waals surface area contributed by atoms with Crippen molar-refractivity contribution in [3.8, 4) is 5.75 Å². The highest BCUT2D eigenvalue weighted by molar-refractivity contribution is 5.76. The van der Waals surface area contributed by atoms with Crippen LogP contribution in [-0.2, 0) is 11.3 Å². The van der Waals surface area contributed by atoms with Crippen molar-refractivity contribution in [3.05, 3.63) is 29.8 Å². The third kappa shape index (κ3) is 4.23. The lowest BCUT2D eigenvalue weighted by atomic mass is 9.85. The third-order valence-corrected chi connectivity index (χ3v) is 3.93. The van der Waals surface area contributed by atoms with Gasteiger partial charge in [-0.15, -0.1) is 0 Å². The van der Waals surface area contributed by atoms with Crippen molar-refractivity contribution < 1.29 is 9.53 Å². The van der Waals surface area contributed by atoms with Gasteiger partial charge in [0, 0.05) is 18.5 Å². The molecule has 1 aliphatic rings. The summed E-state index contributed by atoms with van der Waals surface area (Å²) in [7, 11) is 0. The SMILES string of the molecule is CCOc1cccc(CNC2CCC(C(N)=O)CC2)c1. The van der Waals surface area contributed by atoms with Gasteiger partial charge in [-0.3, -0.25) is 4.79 Å². The molecule has 1 aromatic carbocycles. The predicted molar refractivity (Wildman–Crippen MR) is 79.4 cm³/mol. The molecule has 0 heterocycles. The Labute approximate surface area is 120 Å². The Kier molecular flexibility index (Phi) is 5.41. The van der Waals surface area contributed by atoms with Crippen molar-refractivity contribution in [1.29, 1.82) is 0 Å². The number of primary amides is 1. The Morgan fingerprint density at radius 3 is 2.75 bits per heavy atom. The van der Waals surface area contributed by atoms with Crippen LogP contribution < -0.4 is 15.8 Å². The van der Waals surface area contributed by atoms with Crippen molar-refractivity contribution in [1.82, 2.24) is 5.32 Å². The van der Waals surface area contributed by atoms with E-state index in [2.05, 4.69) is 17.4 Å². The van der Waals surface area contributed by atoms with Gasteiger partial charge in [0.2, 0.25) is 5.91 Å². The minimum absolute atomic E-state index is 0.0781. The lowest BCUT2D eigenvalue weighted by Gasteiger charge is -2.27. The van der Waals surface area contributed by atoms with Crippen LogP contribution in [0.5, 0.6) is 5.75 Å². The molecule has 0 radical (unpaired) electrons. The van der Waals surface area contributed by atoms with Crippen LogP contribution in [0.25, 0.3) is 0 Å². The van der Waals surface area contributed by atoms with E-state index < -0.39 is 0 Å². The zero-order valence-corrected chi connectivity index (χ0v) is 12.1. The van der Waals surface area contributed by atoms with Crippen LogP contribution in [0.15, 0.2) is 24.3 Å². The Morgan fingerprint density at radius 1 is 1.35 bits per heavy atom. The maximum atomic E-state index is 11.1. The first-order valence-corrected chi connectivity index (χ1v) is 7.43. The van der Waals surface area contributed by atoms with Crippen LogP contribution in [0.3, 0.4) is 0 Å². The second-order valence-electron chi connectivity index (χ2n) is 5.41. The molecular formula is C16H24N2O2. The summed E-state index contributed by atoms with van der Waals surface area (Å²) in [4.78, 5) is 11.1. The second kappa shape index (κ2) is 7.29. The average Bonchev–Trinajstić information content (AvgIpc) is 2.46. The Hall–Kier alpha value is -1.55. The van der Waals surface area contributed by atoms with Gasteiger partial charge in [-0.2, -0.15) is 0 Å². The van der Waals surface area contributed by atoms with E-state index in [1.807, 2.05) is 19.1 Å². The zero-order valence-electron chi connectivity index (χ0n) is 12.1. The van der Waals surface area contributed by atoms with E-state index in [0.717, 1.165) is 38.0 Å². The van der Waals surface area contributed by atoms with Crippen molar-refractivity contribution >= 4 is 5.91 Å². The molecular weight excluding hydrogens is 252 g/mol. The lowest BCUT2D eigenvalue weighted by molar-refractivity contribution is -0.122. The first-order chi connectivity index (χ1) is 9.69. The van der Waals surface area contributed by atoms with E-state index in [4.69, 9.17) is 10.5 Å². The molecule has 3 N–H and O–H groups in total. The summed E-state index contributed by atoms with van der Waals surface area (Å²) in [5, 5.41) is 3.56. The molecule has 0 unspecified atom stereocenters. The number of nitrogens with one attached hydrogen (secondary N) is 1. The molecule has 2 rings (SSSR count). The van der Waals surface area contributed by atoms with E-state index in [-0.39, 0.29) is 11.8 Å². The molecule has 0 aliphatic heterocycles. The van der Waals surface area contributed by atoms with E-state index in [0.29, 0.717) is 12.6 Å². The van der Waals surface area contributed by atoms with Gasteiger partial charge < -0.3 is 15.8 Å². The molecule has 1 aromatic rings. The fourth-order valence-corrected chi connectivity index (χ4v) is 2.76. The molecule has 0 bridgehead atoms. The number of ether oxygens (including phenoxy) is 1. The van der Waals surface area contributed by atoms with E-state index >= 15 is 0 Å². The van der Waals surface area contributed by atoms with Crippen LogP contribution in [0, 0.1) is 5.92 Å². The molecule has 1 aliphatic carbocycles. The van der Waals surface area contributed by atoms with E-state index in [1.54, 1.807) is 0 Å². The summed E-state index contributed by atoms with van der Waals surface area (Å²) < 4.78 is 5.50. The fourth-order valence-electron chi connectivity index (χ4n) is 2.76. The molecule has 1 amide bonds. The number of amides is 1. The van der Waals surface area contributed by atoms with Crippen molar-refractivity contribution in [3.63, 3.8) is 0 Å². The molecule has 1 saturated carbocycles. The summed E-state index contributed by atoms with van der Waals surface area (Å²) in [6, 6.07) is 8.66. The summed E-state index contributed by atoms with van der Waals surface area (Å²) in [6.45, 7) is 3.52. The van der Waals surface area contributed by atoms with E-state index in [9.17, 15) is 4.79 Å². The third-order valence-electron chi connectivity index (χ3n) is 3.93. The zero-order chi connectivity index (χ0) is 14.4. The minimum atomic E-state index is -0.145. The van der Waals surface area contributed by atoms with Gasteiger partial charge in [0.15, 0.2) is 0 Å². The van der Waals surface area contributed by atoms with Crippen LogP contribution in [0.1, 0.15) is 38.2 Å². The molecule has 0 atom stereocenters. The van der Waals surface area contributed by atoms with Crippen LogP contribution in [0.4, 0.5) is 0 Å². The Balaban J connectivity index is 1.78. The van der Waals surface area contributed by atoms with Gasteiger partial charge in [-0.05, 0) is 50.3 Å². The molecule has 110 valence electrons. The maximum Gasteiger partial charge on any atom is 0.220 e. The minimum Gasteiger partial charge on any atom is -0.494 e. The Morgan fingerprint density at radius 2 is 2.10 bits per heavy atom. The van der Waals surface area contributed by atoms with E-state index in [1.165, 1.54) is 5.56 Å². The average molecular weight is 276 g/mol. The predicted octanol–water partition coefficient (Wildman–Crippen LogP) is 2.22. The smallest absolute Gasteiger partial charge is 0.220 e. The van der Waals surface area contributed by atoms with Crippen molar-refractivity contribution in [2.45, 2.75) is 45.2 Å². The first kappa shape index (κ1) is 14.9. The summed E-state index contributed by atoms with van der Waals surface area (Å²) in [5.74, 6) is 0.853. The maximum absolute atomic E-state index is 11.1. The number of hydrogen-bond donors (Lipinski definition) is 2. The topological polar surface area (TPSA) is 64.3 Å². The monoisotopic (exact) mass is 276 g/mol. The van der Waals surface area contributed by atoms with Crippen LogP contribution in [0.2, 0.25) is 0 Å². The molecule has 0 aromatic heterocycles. The Bertz CT molecular complexity index is 440. The molecule has 20 heavy (non-hydrogen) atoms. The van der Waals surface area contributed by atoms with Gasteiger partial charge >= 0.3 is 0 Å². The molecule has 4 nitrogen and oxygen atoms in total. The van der Waals surface area contributed by atoms with Gasteiger partial charge in [-0.1, -0.05) is 12.1 Å². The van der Waals surface area contributed by atoms with Crippen LogP contribution >= 0.6 is 0 Å². The first-order valence-electron chi connectivity index (χ1n) is 7.43. The number of hydrogen-bond acceptors (Lipinski definition) is 3. The largest absolute Gasteiger partial charge is 0.494 e. The molecule has 1 fully saturated rings. The highest BCUT2D eigenvalue weighted by atomic mass is 16.5. The number of rotatable bonds is 6. The van der Waals surface area contributed by atoms with Gasteiger partial charge in [0.05, 0.1) is 6.61 Å². The van der Waals surface area contributed by atoms with Gasteiger partial charge in [0.1, 0.15) is 5.75 Å². The van der Waals surface area contributed by atoms with Gasteiger partial charge in [0.25, 0.3) is 0 Å². The number of carbonyl (C=O) groups excluding carboxylic acids is 1. The molecule has 0 saturated heterocycles. The normalized spacial score (nSPS) is 22.4. The highest BCUT2D eigenvalue weighted by Crippen LogP contribution is 2.24. The summed E-state index contributed by atoms with van der Waals surface area (Å²) in [5.41, 5.74) is 6.58. The molecule has 4 heteroatoms. The van der Waals surface area contributed by atoms with Crippen molar-refractivity contribution in [2.24, 2.45) is 11.7 Å². The number of benzene rings is 1.